The summed E-state index contributed by atoms with van der Waals surface area (Å²) in [4.78, 5) is 11.9. The first-order chi connectivity index (χ1) is 30.0. The number of carbonyl (C=O) groups is 1. The van der Waals surface area contributed by atoms with Gasteiger partial charge in [0.05, 0.1) is 78.7 Å². The second-order valence-electron chi connectivity index (χ2n) is 21.3. The van der Waals surface area contributed by atoms with Crippen LogP contribution in [0.1, 0.15) is 120 Å². The third-order valence-electron chi connectivity index (χ3n) is 16.8. The molecule has 0 aromatic carbocycles. The fourth-order valence-electron chi connectivity index (χ4n) is 12.7. The van der Waals surface area contributed by atoms with Crippen LogP contribution in [0, 0.1) is 29.6 Å². The normalized spacial score (nSPS) is 54.1. The van der Waals surface area contributed by atoms with Crippen molar-refractivity contribution in [2.45, 2.75) is 234 Å². The minimum Gasteiger partial charge on any atom is -0.481 e. The summed E-state index contributed by atoms with van der Waals surface area (Å²) in [6, 6.07) is 0. The van der Waals surface area contributed by atoms with Crippen LogP contribution in [0.15, 0.2) is 0 Å². The standard InChI is InChI=1S/C47H80O17/c1-23-18-24(2)45(9,51)61-36(23)31-19-32(58-35-20-30(53-10)40(55-12)28(6)57-35)42(59-31)44(8)15-14-33(60-44)43(7)16-17-46(64-43)21-29(48)25(3)37(62-46)26(4)38-41(56-13)39(54-11)27(5)47(52,63-38)22-34(49)50/h23-33,35-42,48,51-52H,14-22H2,1-13H3,(H,49,50)/t23-,24+,25+,26+,27-,28-,29-,30-,31+,32-,33+,35?,36-,37-,38-,39-,40-,41-,42+,43-,44-,45-,46+,47+/m0/s1. The van der Waals surface area contributed by atoms with Crippen LogP contribution in [0.4, 0.5) is 0 Å². The minimum atomic E-state index is -2.03. The molecule has 7 rings (SSSR count). The van der Waals surface area contributed by atoms with Crippen molar-refractivity contribution in [1.82, 2.24) is 0 Å². The summed E-state index contributed by atoms with van der Waals surface area (Å²) >= 11 is 0. The van der Waals surface area contributed by atoms with E-state index in [2.05, 4.69) is 13.8 Å². The first-order valence-corrected chi connectivity index (χ1v) is 23.8. The highest BCUT2D eigenvalue weighted by molar-refractivity contribution is 5.68. The molecule has 64 heavy (non-hydrogen) atoms. The van der Waals surface area contributed by atoms with Gasteiger partial charge < -0.3 is 77.3 Å². The van der Waals surface area contributed by atoms with Crippen molar-refractivity contribution >= 4 is 5.97 Å². The Kier molecular flexibility index (Phi) is 15.1. The molecule has 17 nitrogen and oxygen atoms in total. The van der Waals surface area contributed by atoms with Crippen molar-refractivity contribution in [2.75, 3.05) is 28.4 Å². The van der Waals surface area contributed by atoms with Crippen LogP contribution in [0.5, 0.6) is 0 Å². The molecule has 1 spiro atoms. The Hall–Kier alpha value is -1.13. The smallest absolute Gasteiger partial charge is 0.308 e. The molecule has 370 valence electrons. The van der Waals surface area contributed by atoms with Gasteiger partial charge in [0.25, 0.3) is 0 Å². The van der Waals surface area contributed by atoms with Gasteiger partial charge in [0, 0.05) is 77.8 Å². The van der Waals surface area contributed by atoms with Gasteiger partial charge in [0.15, 0.2) is 23.7 Å². The molecule has 0 aliphatic carbocycles. The maximum atomic E-state index is 11.9. The van der Waals surface area contributed by atoms with E-state index in [1.807, 2.05) is 34.6 Å². The second-order valence-corrected chi connectivity index (χ2v) is 21.3. The van der Waals surface area contributed by atoms with E-state index in [9.17, 15) is 25.2 Å². The van der Waals surface area contributed by atoms with Gasteiger partial charge in [0.2, 0.25) is 0 Å². The third kappa shape index (κ3) is 9.46. The van der Waals surface area contributed by atoms with E-state index in [1.165, 1.54) is 14.2 Å². The predicted molar refractivity (Wildman–Crippen MR) is 228 cm³/mol. The molecule has 0 radical (unpaired) electrons. The fourth-order valence-corrected chi connectivity index (χ4v) is 12.7. The second kappa shape index (κ2) is 19.0. The highest BCUT2D eigenvalue weighted by Crippen LogP contribution is 2.55. The number of hydrogen-bond donors (Lipinski definition) is 4. The zero-order valence-electron chi connectivity index (χ0n) is 40.4. The molecule has 7 saturated heterocycles. The Morgan fingerprint density at radius 1 is 0.766 bits per heavy atom. The monoisotopic (exact) mass is 917 g/mol. The van der Waals surface area contributed by atoms with E-state index in [4.69, 9.17) is 56.8 Å². The highest BCUT2D eigenvalue weighted by Gasteiger charge is 2.64. The molecule has 24 atom stereocenters. The van der Waals surface area contributed by atoms with Gasteiger partial charge >= 0.3 is 5.97 Å². The van der Waals surface area contributed by atoms with Crippen LogP contribution in [0.3, 0.4) is 0 Å². The van der Waals surface area contributed by atoms with E-state index in [0.717, 1.165) is 6.42 Å². The van der Waals surface area contributed by atoms with Gasteiger partial charge in [-0.05, 0) is 59.3 Å². The quantitative estimate of drug-likeness (QED) is 0.203. The summed E-state index contributed by atoms with van der Waals surface area (Å²) in [5.74, 6) is -7.18. The lowest BCUT2D eigenvalue weighted by Crippen LogP contribution is -2.65. The van der Waals surface area contributed by atoms with Crippen molar-refractivity contribution in [3.05, 3.63) is 0 Å². The molecular weight excluding hydrogens is 836 g/mol. The van der Waals surface area contributed by atoms with E-state index < -0.39 is 102 Å². The fraction of sp³-hybridized carbons (Fsp3) is 0.979. The SMILES string of the molecule is CO[C@@H]1[C@@H](OC)[C@H](C)[C@@](O)(CC(=O)O)O[C@H]1[C@H](C)[C@H]1O[C@@]2(CC[C@@](C)([C@H]3CC[C@@](C)([C@@H]4O[C@@H]([C@H]5O[C@](C)(O)[C@H](C)C[C@@H]5C)C[C@@H]4OC4C[C@H](OC)[C@@H](OC)[C@H](C)O4)O3)O2)C[C@H](O)[C@H]1C. The number of methoxy groups -OCH3 is 4. The highest BCUT2D eigenvalue weighted by atomic mass is 16.7. The Labute approximate surface area is 379 Å². The molecule has 0 amide bonds. The van der Waals surface area contributed by atoms with E-state index in [0.29, 0.717) is 38.5 Å². The molecule has 7 aliphatic heterocycles. The van der Waals surface area contributed by atoms with Gasteiger partial charge in [-0.3, -0.25) is 4.79 Å². The first-order valence-electron chi connectivity index (χ1n) is 23.8. The van der Waals surface area contributed by atoms with E-state index >= 15 is 0 Å². The third-order valence-corrected chi connectivity index (χ3v) is 16.8. The van der Waals surface area contributed by atoms with Crippen LogP contribution >= 0.6 is 0 Å². The number of rotatable bonds is 13. The number of ether oxygens (including phenoxy) is 12. The number of hydrogen-bond acceptors (Lipinski definition) is 16. The summed E-state index contributed by atoms with van der Waals surface area (Å²) in [7, 11) is 6.37. The van der Waals surface area contributed by atoms with Crippen LogP contribution < -0.4 is 0 Å². The van der Waals surface area contributed by atoms with Crippen LogP contribution in [0.25, 0.3) is 0 Å². The minimum absolute atomic E-state index is 0.0406. The Bertz CT molecular complexity index is 1600. The first kappa shape index (κ1) is 50.7. The topological polar surface area (TPSA) is 209 Å². The molecule has 0 aromatic rings. The van der Waals surface area contributed by atoms with E-state index in [1.54, 1.807) is 28.1 Å². The maximum absolute atomic E-state index is 11.9. The number of aliphatic carboxylic acids is 1. The summed E-state index contributed by atoms with van der Waals surface area (Å²) in [5, 5.41) is 44.3. The molecule has 0 bridgehead atoms. The predicted octanol–water partition coefficient (Wildman–Crippen LogP) is 4.32. The van der Waals surface area contributed by atoms with Gasteiger partial charge in [0.1, 0.15) is 18.3 Å². The Morgan fingerprint density at radius 2 is 1.45 bits per heavy atom. The number of aliphatic hydroxyl groups excluding tert-OH is 1. The van der Waals surface area contributed by atoms with Crippen molar-refractivity contribution in [2.24, 2.45) is 29.6 Å². The largest absolute Gasteiger partial charge is 0.481 e. The van der Waals surface area contributed by atoms with Crippen LogP contribution in [-0.4, -0.2) is 169 Å². The van der Waals surface area contributed by atoms with Crippen molar-refractivity contribution in [3.8, 4) is 0 Å². The van der Waals surface area contributed by atoms with Gasteiger partial charge in [-0.1, -0.05) is 34.6 Å². The molecule has 0 saturated carbocycles. The molecule has 7 heterocycles. The summed E-state index contributed by atoms with van der Waals surface area (Å²) in [6.07, 6.45) is -3.18. The Balaban J connectivity index is 1.09. The molecule has 1 unspecified atom stereocenters. The maximum Gasteiger partial charge on any atom is 0.308 e. The van der Waals surface area contributed by atoms with Crippen molar-refractivity contribution in [3.63, 3.8) is 0 Å². The molecule has 4 N–H and O–H groups in total. The zero-order valence-corrected chi connectivity index (χ0v) is 40.4. The zero-order chi connectivity index (χ0) is 46.9. The molecule has 7 aliphatic rings. The number of carboxylic acids is 1. The number of aliphatic hydroxyl groups is 3. The molecule has 0 aromatic heterocycles. The average Bonchev–Trinajstić information content (AvgIpc) is 3.94. The lowest BCUT2D eigenvalue weighted by molar-refractivity contribution is -0.365. The molecule has 17 heteroatoms. The van der Waals surface area contributed by atoms with Gasteiger partial charge in [-0.15, -0.1) is 0 Å². The lowest BCUT2D eigenvalue weighted by atomic mass is 9.75. The average molecular weight is 917 g/mol. The summed E-state index contributed by atoms with van der Waals surface area (Å²) < 4.78 is 77.6. The van der Waals surface area contributed by atoms with Crippen LogP contribution in [-0.2, 0) is 61.6 Å². The van der Waals surface area contributed by atoms with Gasteiger partial charge in [-0.25, -0.2) is 0 Å². The Morgan fingerprint density at radius 3 is 2.09 bits per heavy atom. The van der Waals surface area contributed by atoms with Crippen LogP contribution in [0.2, 0.25) is 0 Å². The molecular formula is C47H80O17. The summed E-state index contributed by atoms with van der Waals surface area (Å²) in [5.41, 5.74) is -1.60. The van der Waals surface area contributed by atoms with E-state index in [-0.39, 0.29) is 60.8 Å². The summed E-state index contributed by atoms with van der Waals surface area (Å²) in [6.45, 7) is 17.5. The van der Waals surface area contributed by atoms with Crippen molar-refractivity contribution in [1.29, 1.82) is 0 Å². The lowest BCUT2D eigenvalue weighted by Gasteiger charge is -2.53. The van der Waals surface area contributed by atoms with Gasteiger partial charge in [-0.2, -0.15) is 0 Å². The number of carboxylic acid groups (broad SMARTS) is 1. The molecule has 7 fully saturated rings. The van der Waals surface area contributed by atoms with Crippen molar-refractivity contribution < 1.29 is 82.1 Å².